The van der Waals surface area contributed by atoms with Crippen molar-refractivity contribution in [1.29, 1.82) is 0 Å². The van der Waals surface area contributed by atoms with Crippen LogP contribution in [0.1, 0.15) is 32.2 Å². The van der Waals surface area contributed by atoms with Crippen LogP contribution in [0.2, 0.25) is 0 Å². The van der Waals surface area contributed by atoms with E-state index >= 15 is 0 Å². The van der Waals surface area contributed by atoms with E-state index in [1.54, 1.807) is 6.33 Å². The van der Waals surface area contributed by atoms with Crippen molar-refractivity contribution in [2.45, 2.75) is 38.3 Å². The molecule has 1 aliphatic carbocycles. The Labute approximate surface area is 105 Å². The van der Waals surface area contributed by atoms with E-state index in [1.165, 1.54) is 6.33 Å². The Morgan fingerprint density at radius 3 is 2.94 bits per heavy atom. The minimum Gasteiger partial charge on any atom is -0.391 e. The summed E-state index contributed by atoms with van der Waals surface area (Å²) in [5, 5.41) is 10.2. The fraction of sp³-hybridized carbons (Fsp3) is 0.583. The highest BCUT2D eigenvalue weighted by atomic mass is 16.3. The Balaban J connectivity index is 2.02. The van der Waals surface area contributed by atoms with Crippen molar-refractivity contribution < 1.29 is 5.11 Å². The topological polar surface area (TPSA) is 89.8 Å². The summed E-state index contributed by atoms with van der Waals surface area (Å²) in [4.78, 5) is 12.4. The fourth-order valence-electron chi connectivity index (χ4n) is 2.84. The number of rotatable bonds is 2. The molecular weight excluding hydrogens is 230 g/mol. The summed E-state index contributed by atoms with van der Waals surface area (Å²) >= 11 is 0. The molecule has 96 valence electrons. The van der Waals surface area contributed by atoms with Crippen molar-refractivity contribution in [2.24, 2.45) is 5.92 Å². The van der Waals surface area contributed by atoms with Crippen LogP contribution < -0.4 is 5.73 Å². The number of hydrogen-bond acceptors (Lipinski definition) is 5. The minimum absolute atomic E-state index is 0.0502. The van der Waals surface area contributed by atoms with Gasteiger partial charge in [0.1, 0.15) is 11.8 Å². The van der Waals surface area contributed by atoms with Crippen molar-refractivity contribution in [1.82, 2.24) is 19.5 Å². The number of fused-ring (bicyclic) bond motifs is 1. The number of anilines is 1. The number of nitrogens with two attached hydrogens (primary N) is 1. The molecule has 1 saturated carbocycles. The van der Waals surface area contributed by atoms with Gasteiger partial charge in [0, 0.05) is 0 Å². The largest absolute Gasteiger partial charge is 0.391 e. The molecule has 0 bridgehead atoms. The van der Waals surface area contributed by atoms with Crippen LogP contribution in [0.5, 0.6) is 0 Å². The highest BCUT2D eigenvalue weighted by Gasteiger charge is 2.34. The van der Waals surface area contributed by atoms with Gasteiger partial charge in [-0.25, -0.2) is 15.0 Å². The Morgan fingerprint density at radius 2 is 2.22 bits per heavy atom. The van der Waals surface area contributed by atoms with Gasteiger partial charge in [-0.3, -0.25) is 0 Å². The predicted molar refractivity (Wildman–Crippen MR) is 67.8 cm³/mol. The molecule has 0 aliphatic heterocycles. The van der Waals surface area contributed by atoms with E-state index in [0.29, 0.717) is 22.9 Å². The summed E-state index contributed by atoms with van der Waals surface area (Å²) in [6.45, 7) is 2.16. The number of imidazole rings is 1. The molecule has 2 heterocycles. The van der Waals surface area contributed by atoms with Gasteiger partial charge in [0.2, 0.25) is 0 Å². The van der Waals surface area contributed by atoms with Gasteiger partial charge in [-0.05, 0) is 18.8 Å². The van der Waals surface area contributed by atoms with E-state index in [2.05, 4.69) is 21.9 Å². The number of nitrogens with zero attached hydrogens (tertiary/aromatic N) is 4. The van der Waals surface area contributed by atoms with Crippen LogP contribution in [0.25, 0.3) is 11.2 Å². The van der Waals surface area contributed by atoms with E-state index in [4.69, 9.17) is 5.73 Å². The molecule has 3 N–H and O–H groups in total. The van der Waals surface area contributed by atoms with Crippen LogP contribution in [0.4, 0.5) is 5.82 Å². The van der Waals surface area contributed by atoms with Crippen molar-refractivity contribution in [3.8, 4) is 0 Å². The van der Waals surface area contributed by atoms with Gasteiger partial charge >= 0.3 is 0 Å². The van der Waals surface area contributed by atoms with Gasteiger partial charge in [0.05, 0.1) is 18.5 Å². The first-order chi connectivity index (χ1) is 8.70. The lowest BCUT2D eigenvalue weighted by Gasteiger charge is -2.16. The maximum absolute atomic E-state index is 10.2. The first kappa shape index (κ1) is 11.4. The predicted octanol–water partition coefficient (Wildman–Crippen LogP) is 1.13. The summed E-state index contributed by atoms with van der Waals surface area (Å²) in [5.41, 5.74) is 7.09. The zero-order valence-electron chi connectivity index (χ0n) is 10.3. The lowest BCUT2D eigenvalue weighted by molar-refractivity contribution is 0.136. The third kappa shape index (κ3) is 1.64. The molecule has 0 radical (unpaired) electrons. The molecule has 2 aromatic heterocycles. The highest BCUT2D eigenvalue weighted by Crippen LogP contribution is 2.37. The first-order valence-corrected chi connectivity index (χ1v) is 6.31. The summed E-state index contributed by atoms with van der Waals surface area (Å²) in [7, 11) is 0. The number of nitrogen functional groups attached to an aromatic ring is 1. The zero-order valence-corrected chi connectivity index (χ0v) is 10.3. The maximum atomic E-state index is 10.2. The van der Waals surface area contributed by atoms with Crippen LogP contribution in [-0.4, -0.2) is 30.7 Å². The van der Waals surface area contributed by atoms with E-state index in [-0.39, 0.29) is 12.1 Å². The van der Waals surface area contributed by atoms with E-state index in [0.717, 1.165) is 19.3 Å². The second-order valence-corrected chi connectivity index (χ2v) is 4.96. The molecule has 1 aliphatic rings. The molecule has 0 saturated heterocycles. The number of aliphatic hydroxyl groups excluding tert-OH is 1. The van der Waals surface area contributed by atoms with Gasteiger partial charge in [-0.1, -0.05) is 13.3 Å². The molecule has 2 aromatic rings. The third-order valence-electron chi connectivity index (χ3n) is 3.92. The molecule has 6 nitrogen and oxygen atoms in total. The van der Waals surface area contributed by atoms with Gasteiger partial charge < -0.3 is 15.4 Å². The summed E-state index contributed by atoms with van der Waals surface area (Å²) < 4.78 is 1.94. The molecule has 0 aromatic carbocycles. The third-order valence-corrected chi connectivity index (χ3v) is 3.92. The van der Waals surface area contributed by atoms with E-state index < -0.39 is 0 Å². The van der Waals surface area contributed by atoms with Gasteiger partial charge in [-0.15, -0.1) is 0 Å². The van der Waals surface area contributed by atoms with Crippen LogP contribution >= 0.6 is 0 Å². The summed E-state index contributed by atoms with van der Waals surface area (Å²) in [5.74, 6) is 0.958. The highest BCUT2D eigenvalue weighted by molar-refractivity contribution is 5.81. The Morgan fingerprint density at radius 1 is 1.39 bits per heavy atom. The second kappa shape index (κ2) is 4.20. The smallest absolute Gasteiger partial charge is 0.165 e. The Hall–Kier alpha value is -1.69. The SMILES string of the molecule is CCC1CC(O)C(n2cnc3c(N)ncnc32)C1. The van der Waals surface area contributed by atoms with E-state index in [9.17, 15) is 5.11 Å². The van der Waals surface area contributed by atoms with Gasteiger partial charge in [0.15, 0.2) is 11.5 Å². The molecule has 1 fully saturated rings. The first-order valence-electron chi connectivity index (χ1n) is 6.31. The van der Waals surface area contributed by atoms with Crippen LogP contribution in [0.3, 0.4) is 0 Å². The number of hydrogen-bond donors (Lipinski definition) is 2. The molecule has 3 unspecified atom stereocenters. The van der Waals surface area contributed by atoms with Crippen molar-refractivity contribution in [3.05, 3.63) is 12.7 Å². The van der Waals surface area contributed by atoms with Crippen molar-refractivity contribution in [3.63, 3.8) is 0 Å². The minimum atomic E-state index is -0.330. The summed E-state index contributed by atoms with van der Waals surface area (Å²) in [6.07, 6.45) is 5.73. The molecule has 3 atom stereocenters. The Bertz CT molecular complexity index is 567. The Kier molecular flexibility index (Phi) is 2.66. The molecule has 6 heteroatoms. The monoisotopic (exact) mass is 247 g/mol. The fourth-order valence-corrected chi connectivity index (χ4v) is 2.84. The zero-order chi connectivity index (χ0) is 12.7. The molecule has 3 rings (SSSR count). The quantitative estimate of drug-likeness (QED) is 0.830. The second-order valence-electron chi connectivity index (χ2n) is 4.96. The molecule has 18 heavy (non-hydrogen) atoms. The summed E-state index contributed by atoms with van der Waals surface area (Å²) in [6, 6.07) is 0.0502. The van der Waals surface area contributed by atoms with Crippen molar-refractivity contribution in [2.75, 3.05) is 5.73 Å². The lowest BCUT2D eigenvalue weighted by atomic mass is 10.1. The lowest BCUT2D eigenvalue weighted by Crippen LogP contribution is -2.17. The molecule has 0 spiro atoms. The number of aromatic nitrogens is 4. The van der Waals surface area contributed by atoms with Gasteiger partial charge in [0.25, 0.3) is 0 Å². The number of aliphatic hydroxyl groups is 1. The maximum Gasteiger partial charge on any atom is 0.165 e. The average molecular weight is 247 g/mol. The van der Waals surface area contributed by atoms with Gasteiger partial charge in [-0.2, -0.15) is 0 Å². The van der Waals surface area contributed by atoms with Crippen LogP contribution in [-0.2, 0) is 0 Å². The average Bonchev–Trinajstić information content (AvgIpc) is 2.93. The van der Waals surface area contributed by atoms with Crippen LogP contribution in [0.15, 0.2) is 12.7 Å². The van der Waals surface area contributed by atoms with Crippen molar-refractivity contribution >= 4 is 17.0 Å². The normalized spacial score (nSPS) is 28.0. The van der Waals surface area contributed by atoms with Crippen LogP contribution in [0, 0.1) is 5.92 Å². The molecular formula is C12H17N5O. The molecule has 0 amide bonds. The standard InChI is InChI=1S/C12H17N5O/c1-2-7-3-8(9(18)4-7)17-6-16-10-11(13)14-5-15-12(10)17/h5-9,18H,2-4H2,1H3,(H2,13,14,15). The van der Waals surface area contributed by atoms with E-state index in [1.807, 2.05) is 4.57 Å².